The fourth-order valence-electron chi connectivity index (χ4n) is 1.79. The van der Waals surface area contributed by atoms with E-state index in [-0.39, 0.29) is 16.5 Å². The molecule has 19 heavy (non-hydrogen) atoms. The maximum atomic E-state index is 13.6. The van der Waals surface area contributed by atoms with Gasteiger partial charge in [0.2, 0.25) is 0 Å². The van der Waals surface area contributed by atoms with E-state index in [1.807, 2.05) is 0 Å². The van der Waals surface area contributed by atoms with Crippen molar-refractivity contribution in [1.29, 1.82) is 0 Å². The molecule has 0 saturated carbocycles. The lowest BCUT2D eigenvalue weighted by molar-refractivity contribution is 0.173. The first kappa shape index (κ1) is 14.1. The van der Waals surface area contributed by atoms with Crippen molar-refractivity contribution in [2.45, 2.75) is 12.5 Å². The van der Waals surface area contributed by atoms with E-state index in [9.17, 15) is 18.3 Å². The maximum Gasteiger partial charge on any atom is 0.137 e. The Morgan fingerprint density at radius 2 is 1.79 bits per heavy atom. The van der Waals surface area contributed by atoms with Crippen molar-refractivity contribution >= 4 is 15.9 Å². The van der Waals surface area contributed by atoms with Crippen molar-refractivity contribution in [3.05, 3.63) is 69.4 Å². The van der Waals surface area contributed by atoms with E-state index >= 15 is 0 Å². The second-order valence-electron chi connectivity index (χ2n) is 4.14. The summed E-state index contributed by atoms with van der Waals surface area (Å²) in [5.74, 6) is -1.81. The Labute approximate surface area is 116 Å². The maximum absolute atomic E-state index is 13.6. The minimum atomic E-state index is -1.23. The molecule has 1 nitrogen and oxygen atoms in total. The minimum Gasteiger partial charge on any atom is -0.388 e. The van der Waals surface area contributed by atoms with Gasteiger partial charge in [-0.2, -0.15) is 0 Å². The quantitative estimate of drug-likeness (QED) is 0.838. The molecule has 1 atom stereocenters. The minimum absolute atomic E-state index is 0.00768. The SMILES string of the molecule is OC(Cc1cccc(F)c1)c1cc(F)c(Br)cc1F. The molecular weight excluding hydrogens is 321 g/mol. The van der Waals surface area contributed by atoms with Crippen molar-refractivity contribution in [2.24, 2.45) is 0 Å². The normalized spacial score (nSPS) is 12.5. The summed E-state index contributed by atoms with van der Waals surface area (Å²) in [5, 5.41) is 9.92. The number of aliphatic hydroxyl groups is 1. The second kappa shape index (κ2) is 5.75. The van der Waals surface area contributed by atoms with Gasteiger partial charge < -0.3 is 5.11 Å². The van der Waals surface area contributed by atoms with Gasteiger partial charge in [-0.1, -0.05) is 12.1 Å². The molecule has 1 N–H and O–H groups in total. The molecule has 0 aromatic heterocycles. The summed E-state index contributed by atoms with van der Waals surface area (Å²) in [6, 6.07) is 7.52. The fourth-order valence-corrected chi connectivity index (χ4v) is 2.11. The first-order valence-electron chi connectivity index (χ1n) is 5.54. The van der Waals surface area contributed by atoms with Crippen LogP contribution in [0.3, 0.4) is 0 Å². The highest BCUT2D eigenvalue weighted by molar-refractivity contribution is 9.10. The van der Waals surface area contributed by atoms with Crippen LogP contribution in [0.2, 0.25) is 0 Å². The smallest absolute Gasteiger partial charge is 0.137 e. The molecule has 2 aromatic carbocycles. The van der Waals surface area contributed by atoms with E-state index in [0.717, 1.165) is 12.1 Å². The van der Waals surface area contributed by atoms with Gasteiger partial charge in [0, 0.05) is 12.0 Å². The summed E-state index contributed by atoms with van der Waals surface area (Å²) in [5.41, 5.74) is 0.361. The van der Waals surface area contributed by atoms with E-state index in [2.05, 4.69) is 15.9 Å². The van der Waals surface area contributed by atoms with Gasteiger partial charge in [-0.3, -0.25) is 0 Å². The lowest BCUT2D eigenvalue weighted by Gasteiger charge is -2.13. The van der Waals surface area contributed by atoms with Gasteiger partial charge in [0.25, 0.3) is 0 Å². The van der Waals surface area contributed by atoms with Crippen LogP contribution in [0.15, 0.2) is 40.9 Å². The van der Waals surface area contributed by atoms with Crippen LogP contribution in [0.25, 0.3) is 0 Å². The Balaban J connectivity index is 2.25. The molecule has 0 amide bonds. The van der Waals surface area contributed by atoms with Gasteiger partial charge >= 0.3 is 0 Å². The van der Waals surface area contributed by atoms with E-state index < -0.39 is 23.6 Å². The zero-order valence-electron chi connectivity index (χ0n) is 9.71. The van der Waals surface area contributed by atoms with Gasteiger partial charge in [-0.15, -0.1) is 0 Å². The highest BCUT2D eigenvalue weighted by Crippen LogP contribution is 2.26. The molecule has 0 heterocycles. The molecule has 2 aromatic rings. The van der Waals surface area contributed by atoms with Crippen molar-refractivity contribution < 1.29 is 18.3 Å². The highest BCUT2D eigenvalue weighted by Gasteiger charge is 2.16. The van der Waals surface area contributed by atoms with Crippen molar-refractivity contribution in [2.75, 3.05) is 0 Å². The molecule has 0 aliphatic heterocycles. The number of aliphatic hydroxyl groups excluding tert-OH is 1. The molecule has 0 fully saturated rings. The third-order valence-electron chi connectivity index (χ3n) is 2.72. The first-order chi connectivity index (χ1) is 8.97. The van der Waals surface area contributed by atoms with Gasteiger partial charge in [-0.25, -0.2) is 13.2 Å². The average molecular weight is 331 g/mol. The third-order valence-corrected chi connectivity index (χ3v) is 3.32. The monoisotopic (exact) mass is 330 g/mol. The van der Waals surface area contributed by atoms with Crippen molar-refractivity contribution in [3.63, 3.8) is 0 Å². The number of rotatable bonds is 3. The van der Waals surface area contributed by atoms with Crippen molar-refractivity contribution in [1.82, 2.24) is 0 Å². The van der Waals surface area contributed by atoms with Gasteiger partial charge in [0.05, 0.1) is 10.6 Å². The number of hydrogen-bond acceptors (Lipinski definition) is 1. The standard InChI is InChI=1S/C14H10BrF3O/c15-11-7-12(17)10(6-13(11)18)14(19)5-8-2-1-3-9(16)4-8/h1-4,6-7,14,19H,5H2. The van der Waals surface area contributed by atoms with Crippen LogP contribution in [-0.2, 0) is 6.42 Å². The van der Waals surface area contributed by atoms with Gasteiger partial charge in [0.1, 0.15) is 17.5 Å². The summed E-state index contributed by atoms with van der Waals surface area (Å²) in [4.78, 5) is 0. The zero-order valence-corrected chi connectivity index (χ0v) is 11.3. The molecule has 2 rings (SSSR count). The molecule has 0 saturated heterocycles. The Morgan fingerprint density at radius 1 is 1.05 bits per heavy atom. The molecule has 100 valence electrons. The second-order valence-corrected chi connectivity index (χ2v) is 4.99. The van der Waals surface area contributed by atoms with Gasteiger partial charge in [-0.05, 0) is 45.8 Å². The third kappa shape index (κ3) is 3.36. The van der Waals surface area contributed by atoms with Crippen LogP contribution in [0.1, 0.15) is 17.2 Å². The summed E-state index contributed by atoms with van der Waals surface area (Å²) < 4.78 is 40.0. The summed E-state index contributed by atoms with van der Waals surface area (Å²) in [6.07, 6.45) is -1.22. The van der Waals surface area contributed by atoms with Crippen LogP contribution in [0, 0.1) is 17.5 Å². The largest absolute Gasteiger partial charge is 0.388 e. The van der Waals surface area contributed by atoms with E-state index in [4.69, 9.17) is 0 Å². The Hall–Kier alpha value is -1.33. The summed E-state index contributed by atoms with van der Waals surface area (Å²) >= 11 is 2.86. The lowest BCUT2D eigenvalue weighted by Crippen LogP contribution is -2.05. The van der Waals surface area contributed by atoms with E-state index in [0.29, 0.717) is 5.56 Å². The first-order valence-corrected chi connectivity index (χ1v) is 6.33. The lowest BCUT2D eigenvalue weighted by atomic mass is 10.0. The average Bonchev–Trinajstić information content (AvgIpc) is 2.33. The Morgan fingerprint density at radius 3 is 2.47 bits per heavy atom. The summed E-state index contributed by atoms with van der Waals surface area (Å²) in [7, 11) is 0. The predicted octanol–water partition coefficient (Wildman–Crippen LogP) is 4.14. The number of hydrogen-bond donors (Lipinski definition) is 1. The van der Waals surface area contributed by atoms with Gasteiger partial charge in [0.15, 0.2) is 0 Å². The van der Waals surface area contributed by atoms with Crippen LogP contribution < -0.4 is 0 Å². The Bertz CT molecular complexity index is 601. The van der Waals surface area contributed by atoms with E-state index in [1.165, 1.54) is 18.2 Å². The number of benzene rings is 2. The number of halogens is 4. The van der Waals surface area contributed by atoms with E-state index in [1.54, 1.807) is 6.07 Å². The van der Waals surface area contributed by atoms with Crippen molar-refractivity contribution in [3.8, 4) is 0 Å². The zero-order chi connectivity index (χ0) is 14.0. The highest BCUT2D eigenvalue weighted by atomic mass is 79.9. The Kier molecular flexibility index (Phi) is 4.27. The van der Waals surface area contributed by atoms with Crippen LogP contribution in [-0.4, -0.2) is 5.11 Å². The molecule has 0 radical (unpaired) electrons. The molecule has 1 unspecified atom stereocenters. The molecule has 0 aliphatic rings. The van der Waals surface area contributed by atoms with Crippen LogP contribution in [0.4, 0.5) is 13.2 Å². The summed E-state index contributed by atoms with van der Waals surface area (Å²) in [6.45, 7) is 0. The van der Waals surface area contributed by atoms with Crippen LogP contribution >= 0.6 is 15.9 Å². The predicted molar refractivity (Wildman–Crippen MR) is 69.1 cm³/mol. The molecule has 0 aliphatic carbocycles. The van der Waals surface area contributed by atoms with Crippen LogP contribution in [0.5, 0.6) is 0 Å². The topological polar surface area (TPSA) is 20.2 Å². The molecule has 0 spiro atoms. The molecule has 5 heteroatoms. The fraction of sp³-hybridized carbons (Fsp3) is 0.143. The molecular formula is C14H10BrF3O. The molecule has 0 bridgehead atoms.